The molecule has 0 saturated heterocycles. The number of hydrogen-bond acceptors (Lipinski definition) is 6. The highest BCUT2D eigenvalue weighted by Gasteiger charge is 2.40. The Labute approximate surface area is 191 Å². The fraction of sp³-hybridized carbons (Fsp3) is 0.154. The number of imide groups is 1. The fourth-order valence-electron chi connectivity index (χ4n) is 3.88. The summed E-state index contributed by atoms with van der Waals surface area (Å²) in [4.78, 5) is 28.2. The van der Waals surface area contributed by atoms with Crippen LogP contribution in [0.3, 0.4) is 0 Å². The monoisotopic (exact) mass is 442 g/mol. The summed E-state index contributed by atoms with van der Waals surface area (Å²) >= 11 is 0. The lowest BCUT2D eigenvalue weighted by Crippen LogP contribution is -2.32. The molecule has 0 radical (unpaired) electrons. The zero-order valence-corrected chi connectivity index (χ0v) is 18.0. The van der Waals surface area contributed by atoms with Gasteiger partial charge in [0.05, 0.1) is 17.9 Å². The van der Waals surface area contributed by atoms with Crippen LogP contribution in [0.4, 0.5) is 11.4 Å². The molecule has 1 N–H and O–H groups in total. The number of amides is 2. The van der Waals surface area contributed by atoms with E-state index in [9.17, 15) is 9.59 Å². The van der Waals surface area contributed by atoms with Gasteiger partial charge in [-0.05, 0) is 48.9 Å². The zero-order chi connectivity index (χ0) is 22.8. The normalized spacial score (nSPS) is 15.1. The molecule has 0 spiro atoms. The van der Waals surface area contributed by atoms with Crippen molar-refractivity contribution in [2.45, 2.75) is 6.92 Å². The maximum absolute atomic E-state index is 13.5. The van der Waals surface area contributed by atoms with Gasteiger partial charge in [0.15, 0.2) is 11.5 Å². The molecule has 2 aliphatic rings. The van der Waals surface area contributed by atoms with Crippen LogP contribution in [0, 0.1) is 0 Å². The minimum atomic E-state index is -0.432. The molecule has 3 aromatic carbocycles. The Bertz CT molecular complexity index is 1240. The van der Waals surface area contributed by atoms with Crippen LogP contribution >= 0.6 is 0 Å². The van der Waals surface area contributed by atoms with Crippen LogP contribution in [0.1, 0.15) is 12.5 Å². The number of ether oxygens (including phenoxy) is 3. The molecule has 0 bridgehead atoms. The molecule has 7 heteroatoms. The fourth-order valence-corrected chi connectivity index (χ4v) is 3.88. The summed E-state index contributed by atoms with van der Waals surface area (Å²) in [6.07, 6.45) is 0. The van der Waals surface area contributed by atoms with Crippen LogP contribution < -0.4 is 24.4 Å². The molecule has 2 amide bonds. The van der Waals surface area contributed by atoms with Crippen molar-refractivity contribution < 1.29 is 23.8 Å². The van der Waals surface area contributed by atoms with Gasteiger partial charge in [-0.2, -0.15) is 0 Å². The van der Waals surface area contributed by atoms with Crippen molar-refractivity contribution in [2.24, 2.45) is 0 Å². The molecule has 2 heterocycles. The number of fused-ring (bicyclic) bond motifs is 1. The highest BCUT2D eigenvalue weighted by atomic mass is 16.6. The highest BCUT2D eigenvalue weighted by Crippen LogP contribution is 2.37. The molecule has 5 rings (SSSR count). The van der Waals surface area contributed by atoms with E-state index in [0.29, 0.717) is 59.6 Å². The van der Waals surface area contributed by atoms with E-state index < -0.39 is 11.8 Å². The molecule has 166 valence electrons. The molecule has 0 saturated carbocycles. The predicted molar refractivity (Wildman–Crippen MR) is 125 cm³/mol. The third-order valence-electron chi connectivity index (χ3n) is 5.36. The second kappa shape index (κ2) is 8.70. The maximum Gasteiger partial charge on any atom is 0.282 e. The first kappa shape index (κ1) is 20.6. The lowest BCUT2D eigenvalue weighted by atomic mass is 10.0. The number of nitrogens with zero attached hydrogens (tertiary/aromatic N) is 1. The summed E-state index contributed by atoms with van der Waals surface area (Å²) < 4.78 is 16.7. The summed E-state index contributed by atoms with van der Waals surface area (Å²) in [7, 11) is 0. The van der Waals surface area contributed by atoms with E-state index in [2.05, 4.69) is 5.32 Å². The highest BCUT2D eigenvalue weighted by molar-refractivity contribution is 6.46. The number of benzene rings is 3. The van der Waals surface area contributed by atoms with Crippen molar-refractivity contribution in [2.75, 3.05) is 30.0 Å². The molecular formula is C26H22N2O5. The number of nitrogens with one attached hydrogen (secondary N) is 1. The first-order chi connectivity index (χ1) is 16.2. The maximum atomic E-state index is 13.5. The van der Waals surface area contributed by atoms with Crippen molar-refractivity contribution in [3.63, 3.8) is 0 Å². The van der Waals surface area contributed by atoms with Crippen LogP contribution in [0.2, 0.25) is 0 Å². The van der Waals surface area contributed by atoms with Crippen molar-refractivity contribution in [3.05, 3.63) is 84.1 Å². The standard InChI is InChI=1S/C26H22N2O5/c1-2-31-20-11-9-19(10-12-20)28-25(29)23(17-6-4-3-5-7-17)24(26(28)30)27-18-8-13-21-22(16-18)33-15-14-32-21/h3-13,16,27H,2,14-15H2,1H3. The largest absolute Gasteiger partial charge is 0.494 e. The van der Waals surface area contributed by atoms with Crippen molar-refractivity contribution in [1.82, 2.24) is 0 Å². The van der Waals surface area contributed by atoms with Gasteiger partial charge in [0.1, 0.15) is 24.7 Å². The lowest BCUT2D eigenvalue weighted by Gasteiger charge is -2.19. The summed E-state index contributed by atoms with van der Waals surface area (Å²) in [6.45, 7) is 3.38. The van der Waals surface area contributed by atoms with Crippen molar-refractivity contribution in [3.8, 4) is 17.2 Å². The zero-order valence-electron chi connectivity index (χ0n) is 18.0. The van der Waals surface area contributed by atoms with E-state index in [4.69, 9.17) is 14.2 Å². The van der Waals surface area contributed by atoms with Gasteiger partial charge in [-0.25, -0.2) is 4.90 Å². The van der Waals surface area contributed by atoms with E-state index in [0.717, 1.165) is 0 Å². The molecule has 0 unspecified atom stereocenters. The van der Waals surface area contributed by atoms with Gasteiger partial charge in [-0.1, -0.05) is 30.3 Å². The molecule has 0 atom stereocenters. The van der Waals surface area contributed by atoms with Crippen LogP contribution in [0.15, 0.2) is 78.5 Å². The van der Waals surface area contributed by atoms with Crippen LogP contribution in [0.25, 0.3) is 5.57 Å². The van der Waals surface area contributed by atoms with Crippen LogP contribution in [0.5, 0.6) is 17.2 Å². The minimum absolute atomic E-state index is 0.205. The van der Waals surface area contributed by atoms with Crippen molar-refractivity contribution in [1.29, 1.82) is 0 Å². The van der Waals surface area contributed by atoms with Gasteiger partial charge >= 0.3 is 0 Å². The second-order valence-corrected chi connectivity index (χ2v) is 7.47. The van der Waals surface area contributed by atoms with Gasteiger partial charge in [0, 0.05) is 11.8 Å². The average Bonchev–Trinajstić information content (AvgIpc) is 3.09. The number of carbonyl (C=O) groups is 2. The van der Waals surface area contributed by atoms with Gasteiger partial charge in [-0.15, -0.1) is 0 Å². The van der Waals surface area contributed by atoms with Gasteiger partial charge in [-0.3, -0.25) is 9.59 Å². The van der Waals surface area contributed by atoms with Crippen LogP contribution in [-0.2, 0) is 9.59 Å². The molecule has 0 aliphatic carbocycles. The molecule has 3 aromatic rings. The Kier molecular flexibility index (Phi) is 5.44. The summed E-state index contributed by atoms with van der Waals surface area (Å²) in [5, 5.41) is 3.16. The van der Waals surface area contributed by atoms with Gasteiger partial charge in [0.2, 0.25) is 0 Å². The number of rotatable bonds is 6. The average molecular weight is 442 g/mol. The number of anilines is 2. The van der Waals surface area contributed by atoms with Crippen molar-refractivity contribution >= 4 is 28.8 Å². The Morgan fingerprint density at radius 3 is 2.33 bits per heavy atom. The second-order valence-electron chi connectivity index (χ2n) is 7.47. The lowest BCUT2D eigenvalue weighted by molar-refractivity contribution is -0.120. The van der Waals surface area contributed by atoms with E-state index >= 15 is 0 Å². The van der Waals surface area contributed by atoms with E-state index in [1.807, 2.05) is 37.3 Å². The number of carbonyl (C=O) groups excluding carboxylic acids is 2. The van der Waals surface area contributed by atoms with E-state index in [-0.39, 0.29) is 5.70 Å². The SMILES string of the molecule is CCOc1ccc(N2C(=O)C(Nc3ccc4c(c3)OCCO4)=C(c3ccccc3)C2=O)cc1. The predicted octanol–water partition coefficient (Wildman–Crippen LogP) is 4.25. The first-order valence-electron chi connectivity index (χ1n) is 10.7. The van der Waals surface area contributed by atoms with E-state index in [1.54, 1.807) is 42.5 Å². The van der Waals surface area contributed by atoms with Gasteiger partial charge < -0.3 is 19.5 Å². The van der Waals surface area contributed by atoms with Gasteiger partial charge in [0.25, 0.3) is 11.8 Å². The molecular weight excluding hydrogens is 420 g/mol. The Balaban J connectivity index is 1.53. The smallest absolute Gasteiger partial charge is 0.282 e. The van der Waals surface area contributed by atoms with E-state index in [1.165, 1.54) is 4.90 Å². The first-order valence-corrected chi connectivity index (χ1v) is 10.7. The third-order valence-corrected chi connectivity index (χ3v) is 5.36. The molecule has 0 aromatic heterocycles. The molecule has 33 heavy (non-hydrogen) atoms. The third kappa shape index (κ3) is 3.89. The quantitative estimate of drug-likeness (QED) is 0.575. The summed E-state index contributed by atoms with van der Waals surface area (Å²) in [5.74, 6) is 1.08. The summed E-state index contributed by atoms with van der Waals surface area (Å²) in [6, 6.07) is 21.4. The topological polar surface area (TPSA) is 77.1 Å². The number of hydrogen-bond donors (Lipinski definition) is 1. The summed E-state index contributed by atoms with van der Waals surface area (Å²) in [5.41, 5.74) is 2.27. The Morgan fingerprint density at radius 2 is 1.61 bits per heavy atom. The Hall–Kier alpha value is -4.26. The molecule has 2 aliphatic heterocycles. The molecule has 7 nitrogen and oxygen atoms in total. The van der Waals surface area contributed by atoms with Crippen LogP contribution in [-0.4, -0.2) is 31.6 Å². The molecule has 0 fully saturated rings. The Morgan fingerprint density at radius 1 is 0.879 bits per heavy atom. The minimum Gasteiger partial charge on any atom is -0.494 e.